The number of carbonyl (C=O) groups is 1. The van der Waals surface area contributed by atoms with Gasteiger partial charge in [-0.25, -0.2) is 18.2 Å². The van der Waals surface area contributed by atoms with Gasteiger partial charge in [-0.05, 0) is 37.3 Å². The van der Waals surface area contributed by atoms with Gasteiger partial charge in [0.1, 0.15) is 28.9 Å². The minimum Gasteiger partial charge on any atom is -0.390 e. The number of pyridine rings is 2. The van der Waals surface area contributed by atoms with E-state index in [0.29, 0.717) is 22.9 Å². The number of benzene rings is 1. The zero-order valence-corrected chi connectivity index (χ0v) is 20.1. The average Bonchev–Trinajstić information content (AvgIpc) is 3.69. The molecule has 1 saturated heterocycles. The summed E-state index contributed by atoms with van der Waals surface area (Å²) in [5, 5.41) is 21.3. The van der Waals surface area contributed by atoms with Crippen LogP contribution in [0.1, 0.15) is 29.6 Å². The number of nitrogens with one attached hydrogen (secondary N) is 1. The van der Waals surface area contributed by atoms with Gasteiger partial charge in [-0.2, -0.15) is 13.2 Å². The maximum absolute atomic E-state index is 14.9. The smallest absolute Gasteiger partial charge is 0.390 e. The van der Waals surface area contributed by atoms with Crippen molar-refractivity contribution in [3.8, 4) is 5.69 Å². The molecule has 208 valence electrons. The molecule has 3 atom stereocenters. The Morgan fingerprint density at radius 3 is 2.31 bits per heavy atom. The first kappa shape index (κ1) is 26.9. The van der Waals surface area contributed by atoms with Crippen LogP contribution in [-0.2, 0) is 0 Å². The topological polar surface area (TPSA) is 108 Å². The molecule has 0 radical (unpaired) electrons. The summed E-state index contributed by atoms with van der Waals surface area (Å²) >= 11 is 0. The van der Waals surface area contributed by atoms with Crippen molar-refractivity contribution in [1.29, 1.82) is 0 Å². The predicted octanol–water partition coefficient (Wildman–Crippen LogP) is 2.81. The summed E-state index contributed by atoms with van der Waals surface area (Å²) in [6.45, 7) is 0.185. The van der Waals surface area contributed by atoms with E-state index in [-0.39, 0.29) is 49.2 Å². The van der Waals surface area contributed by atoms with Gasteiger partial charge in [0.05, 0.1) is 17.6 Å². The van der Waals surface area contributed by atoms with Gasteiger partial charge in [-0.3, -0.25) is 14.2 Å². The van der Waals surface area contributed by atoms with Crippen molar-refractivity contribution in [2.24, 2.45) is 5.92 Å². The molecule has 3 N–H and O–H groups in total. The van der Waals surface area contributed by atoms with Crippen LogP contribution in [0.3, 0.4) is 0 Å². The van der Waals surface area contributed by atoms with Gasteiger partial charge in [-0.1, -0.05) is 0 Å². The molecular formula is C25H22F6N4O4. The highest BCUT2D eigenvalue weighted by Crippen LogP contribution is 2.40. The van der Waals surface area contributed by atoms with E-state index < -0.39 is 70.4 Å². The maximum Gasteiger partial charge on any atom is 0.408 e. The number of hydrogen-bond donors (Lipinski definition) is 3. The summed E-state index contributed by atoms with van der Waals surface area (Å²) in [4.78, 5) is 32.0. The number of nitrogens with zero attached hydrogens (tertiary/aromatic N) is 3. The predicted molar refractivity (Wildman–Crippen MR) is 126 cm³/mol. The normalized spacial score (nSPS) is 20.8. The van der Waals surface area contributed by atoms with E-state index in [1.54, 1.807) is 4.90 Å². The van der Waals surface area contributed by atoms with Crippen LogP contribution in [0, 0.1) is 23.4 Å². The molecule has 1 aliphatic carbocycles. The number of β-amino-alcohol motifs (C(OH)–C–C–N with tert-alkyl or cyclic N) is 1. The lowest BCUT2D eigenvalue weighted by Gasteiger charge is -2.34. The molecule has 3 aromatic rings. The van der Waals surface area contributed by atoms with Gasteiger partial charge in [0.15, 0.2) is 17.3 Å². The molecule has 1 aromatic carbocycles. The number of alkyl halides is 3. The van der Waals surface area contributed by atoms with E-state index in [4.69, 9.17) is 0 Å². The summed E-state index contributed by atoms with van der Waals surface area (Å²) in [6.07, 6.45) is -5.57. The molecule has 1 saturated carbocycles. The number of fused-ring (bicyclic) bond motifs is 1. The Morgan fingerprint density at radius 2 is 1.72 bits per heavy atom. The molecule has 2 aromatic heterocycles. The van der Waals surface area contributed by atoms with Gasteiger partial charge in [-0.15, -0.1) is 0 Å². The molecule has 0 spiro atoms. The van der Waals surface area contributed by atoms with Crippen LogP contribution in [0.4, 0.5) is 32.2 Å². The highest BCUT2D eigenvalue weighted by molar-refractivity contribution is 5.97. The second-order valence-electron chi connectivity index (χ2n) is 9.70. The molecule has 8 nitrogen and oxygen atoms in total. The molecule has 39 heavy (non-hydrogen) atoms. The number of hydrogen-bond acceptors (Lipinski definition) is 6. The molecule has 0 bridgehead atoms. The molecule has 1 aliphatic heterocycles. The largest absolute Gasteiger partial charge is 0.408 e. The Labute approximate surface area is 216 Å². The summed E-state index contributed by atoms with van der Waals surface area (Å²) in [7, 11) is 0. The lowest BCUT2D eigenvalue weighted by Crippen LogP contribution is -2.48. The molecule has 0 unspecified atom stereocenters. The van der Waals surface area contributed by atoms with Crippen LogP contribution in [-0.4, -0.2) is 63.2 Å². The molecule has 2 fully saturated rings. The Bertz CT molecular complexity index is 1480. The number of aliphatic hydroxyl groups excluding tert-OH is 2. The fourth-order valence-electron chi connectivity index (χ4n) is 4.71. The Hall–Kier alpha value is -3.65. The second kappa shape index (κ2) is 9.83. The van der Waals surface area contributed by atoms with Crippen molar-refractivity contribution in [2.75, 3.05) is 18.0 Å². The van der Waals surface area contributed by atoms with Crippen molar-refractivity contribution in [2.45, 2.75) is 43.7 Å². The van der Waals surface area contributed by atoms with Crippen LogP contribution < -0.4 is 15.6 Å². The Morgan fingerprint density at radius 1 is 1.05 bits per heavy atom. The first-order valence-corrected chi connectivity index (χ1v) is 12.0. The fraction of sp³-hybridized carbons (Fsp3) is 0.400. The van der Waals surface area contributed by atoms with Gasteiger partial charge in [0, 0.05) is 31.4 Å². The van der Waals surface area contributed by atoms with E-state index >= 15 is 0 Å². The van der Waals surface area contributed by atoms with E-state index in [0.717, 1.165) is 0 Å². The number of anilines is 1. The second-order valence-corrected chi connectivity index (χ2v) is 9.70. The number of carbonyl (C=O) groups excluding carboxylic acids is 1. The van der Waals surface area contributed by atoms with E-state index in [1.165, 1.54) is 12.1 Å². The zero-order valence-electron chi connectivity index (χ0n) is 20.1. The van der Waals surface area contributed by atoms with Crippen LogP contribution in [0.5, 0.6) is 0 Å². The third kappa shape index (κ3) is 5.17. The lowest BCUT2D eigenvalue weighted by atomic mass is 10.1. The average molecular weight is 556 g/mol. The minimum absolute atomic E-state index is 0.0519. The fourth-order valence-corrected chi connectivity index (χ4v) is 4.71. The molecule has 14 heteroatoms. The van der Waals surface area contributed by atoms with Crippen molar-refractivity contribution in [1.82, 2.24) is 14.9 Å². The molecule has 3 heterocycles. The highest BCUT2D eigenvalue weighted by Gasteiger charge is 2.50. The van der Waals surface area contributed by atoms with Crippen LogP contribution in [0.2, 0.25) is 0 Å². The van der Waals surface area contributed by atoms with Gasteiger partial charge < -0.3 is 20.4 Å². The standard InChI is InChI=1S/C25H22F6N4O4/c26-12-7-15(27)20(16(28)8-12)35-9-14(24(39)33-22(11-1-2-11)25(29,30)31)21(38)13-3-4-19(32-23(13)35)34-6-5-17(36)18(37)10-34/h3-4,7-9,11,17-18,22,36-37H,1-2,5-6,10H2,(H,33,39)/t17-,18-,22-/m0/s1. The minimum atomic E-state index is -4.79. The summed E-state index contributed by atoms with van der Waals surface area (Å²) in [5.41, 5.74) is -3.14. The first-order chi connectivity index (χ1) is 18.3. The third-order valence-electron chi connectivity index (χ3n) is 6.91. The molecule has 5 rings (SSSR count). The van der Waals surface area contributed by atoms with Crippen LogP contribution in [0.25, 0.3) is 16.7 Å². The van der Waals surface area contributed by atoms with Crippen molar-refractivity contribution < 1.29 is 41.4 Å². The van der Waals surface area contributed by atoms with Gasteiger partial charge in [0.25, 0.3) is 5.91 Å². The number of amides is 1. The molecule has 1 amide bonds. The highest BCUT2D eigenvalue weighted by atomic mass is 19.4. The van der Waals surface area contributed by atoms with Crippen molar-refractivity contribution >= 4 is 22.8 Å². The molecule has 2 aliphatic rings. The first-order valence-electron chi connectivity index (χ1n) is 12.0. The summed E-state index contributed by atoms with van der Waals surface area (Å²) in [5.74, 6) is -6.19. The number of piperidine rings is 1. The van der Waals surface area contributed by atoms with Crippen LogP contribution >= 0.6 is 0 Å². The monoisotopic (exact) mass is 556 g/mol. The van der Waals surface area contributed by atoms with Gasteiger partial charge >= 0.3 is 6.18 Å². The van der Waals surface area contributed by atoms with Gasteiger partial charge in [0.2, 0.25) is 5.43 Å². The Kier molecular flexibility index (Phi) is 6.79. The van der Waals surface area contributed by atoms with E-state index in [2.05, 4.69) is 4.98 Å². The number of halogens is 6. The van der Waals surface area contributed by atoms with Crippen molar-refractivity contribution in [3.63, 3.8) is 0 Å². The number of rotatable bonds is 5. The zero-order chi connectivity index (χ0) is 28.2. The Balaban J connectivity index is 1.67. The summed E-state index contributed by atoms with van der Waals surface area (Å²) < 4.78 is 84.6. The summed E-state index contributed by atoms with van der Waals surface area (Å²) in [6, 6.07) is 1.03. The molecular weight excluding hydrogens is 534 g/mol. The van der Waals surface area contributed by atoms with E-state index in [9.17, 15) is 46.1 Å². The third-order valence-corrected chi connectivity index (χ3v) is 6.91. The van der Waals surface area contributed by atoms with Crippen LogP contribution in [0.15, 0.2) is 35.3 Å². The SMILES string of the molecule is O=C(N[C@@H](C1CC1)C(F)(F)F)c1cn(-c2c(F)cc(F)cc2F)c2nc(N3CC[C@H](O)[C@@H](O)C3)ccc2c1=O. The van der Waals surface area contributed by atoms with Crippen molar-refractivity contribution in [3.05, 3.63) is 63.7 Å². The maximum atomic E-state index is 14.9. The number of aliphatic hydroxyl groups is 2. The number of aromatic nitrogens is 2. The quantitative estimate of drug-likeness (QED) is 0.418. The lowest BCUT2D eigenvalue weighted by molar-refractivity contribution is -0.158. The van der Waals surface area contributed by atoms with E-state index in [1.807, 2.05) is 5.32 Å².